The van der Waals surface area contributed by atoms with Gasteiger partial charge in [0.25, 0.3) is 11.5 Å². The Morgan fingerprint density at radius 2 is 2.35 bits per heavy atom. The molecule has 1 atom stereocenters. The van der Waals surface area contributed by atoms with E-state index in [0.717, 1.165) is 12.1 Å². The first-order valence-corrected chi connectivity index (χ1v) is 6.67. The van der Waals surface area contributed by atoms with Crippen molar-refractivity contribution in [3.05, 3.63) is 46.0 Å². The fourth-order valence-electron chi connectivity index (χ4n) is 2.54. The van der Waals surface area contributed by atoms with Crippen LogP contribution >= 0.6 is 0 Å². The number of rotatable bonds is 2. The van der Waals surface area contributed by atoms with Crippen LogP contribution in [0.2, 0.25) is 0 Å². The number of aryl methyl sites for hydroxylation is 1. The highest BCUT2D eigenvalue weighted by Gasteiger charge is 2.27. The second kappa shape index (κ2) is 4.63. The molecule has 0 saturated carbocycles. The summed E-state index contributed by atoms with van der Waals surface area (Å²) in [7, 11) is 0. The van der Waals surface area contributed by atoms with Crippen LogP contribution in [0.15, 0.2) is 29.2 Å². The van der Waals surface area contributed by atoms with Gasteiger partial charge in [-0.2, -0.15) is 0 Å². The van der Waals surface area contributed by atoms with Crippen molar-refractivity contribution in [3.8, 4) is 0 Å². The average molecular weight is 272 g/mol. The lowest BCUT2D eigenvalue weighted by atomic mass is 10.2. The third kappa shape index (κ3) is 1.84. The number of nitrogens with zero attached hydrogens (tertiary/aromatic N) is 3. The SMILES string of the molecule is CCC1C=CCN1C(=O)c1cnc2cc(C)[nH]n2c1=O. The molecule has 0 aromatic carbocycles. The van der Waals surface area contributed by atoms with Crippen molar-refractivity contribution in [1.82, 2.24) is 19.5 Å². The molecule has 2 aromatic heterocycles. The molecule has 1 N–H and O–H groups in total. The maximum absolute atomic E-state index is 12.5. The Morgan fingerprint density at radius 3 is 3.10 bits per heavy atom. The number of hydrogen-bond donors (Lipinski definition) is 1. The highest BCUT2D eigenvalue weighted by molar-refractivity contribution is 5.94. The van der Waals surface area contributed by atoms with Crippen molar-refractivity contribution in [1.29, 1.82) is 0 Å². The number of nitrogens with one attached hydrogen (secondary N) is 1. The molecule has 2 aromatic rings. The van der Waals surface area contributed by atoms with Crippen LogP contribution in [0, 0.1) is 6.92 Å². The zero-order valence-electron chi connectivity index (χ0n) is 11.5. The van der Waals surface area contributed by atoms with Crippen molar-refractivity contribution < 1.29 is 4.79 Å². The third-order valence-corrected chi connectivity index (χ3v) is 3.59. The molecule has 0 fully saturated rings. The lowest BCUT2D eigenvalue weighted by Crippen LogP contribution is -2.39. The van der Waals surface area contributed by atoms with E-state index in [4.69, 9.17) is 0 Å². The van der Waals surface area contributed by atoms with Gasteiger partial charge in [0, 0.05) is 24.5 Å². The van der Waals surface area contributed by atoms with Crippen molar-refractivity contribution in [2.24, 2.45) is 0 Å². The van der Waals surface area contributed by atoms with Crippen LogP contribution in [-0.2, 0) is 0 Å². The zero-order chi connectivity index (χ0) is 14.3. The van der Waals surface area contributed by atoms with Crippen LogP contribution in [-0.4, -0.2) is 38.0 Å². The van der Waals surface area contributed by atoms with Gasteiger partial charge in [0.1, 0.15) is 5.56 Å². The molecular formula is C14H16N4O2. The highest BCUT2D eigenvalue weighted by atomic mass is 16.2. The number of carbonyl (C=O) groups is 1. The summed E-state index contributed by atoms with van der Waals surface area (Å²) in [5.74, 6) is -0.263. The third-order valence-electron chi connectivity index (χ3n) is 3.59. The molecule has 1 amide bonds. The molecule has 104 valence electrons. The second-order valence-electron chi connectivity index (χ2n) is 4.97. The van der Waals surface area contributed by atoms with Crippen molar-refractivity contribution in [3.63, 3.8) is 0 Å². The first-order chi connectivity index (χ1) is 9.61. The molecule has 0 radical (unpaired) electrons. The van der Waals surface area contributed by atoms with Gasteiger partial charge in [-0.05, 0) is 13.3 Å². The summed E-state index contributed by atoms with van der Waals surface area (Å²) in [4.78, 5) is 30.7. The van der Waals surface area contributed by atoms with E-state index >= 15 is 0 Å². The number of carbonyl (C=O) groups excluding carboxylic acids is 1. The molecule has 0 spiro atoms. The topological polar surface area (TPSA) is 70.5 Å². The molecule has 1 aliphatic heterocycles. The van der Waals surface area contributed by atoms with Crippen LogP contribution in [0.3, 0.4) is 0 Å². The van der Waals surface area contributed by atoms with Gasteiger partial charge in [-0.3, -0.25) is 14.7 Å². The lowest BCUT2D eigenvalue weighted by Gasteiger charge is -2.23. The largest absolute Gasteiger partial charge is 0.328 e. The predicted molar refractivity (Wildman–Crippen MR) is 74.8 cm³/mol. The van der Waals surface area contributed by atoms with Crippen molar-refractivity contribution in [2.75, 3.05) is 6.54 Å². The Labute approximate surface area is 115 Å². The number of fused-ring (bicyclic) bond motifs is 1. The molecule has 20 heavy (non-hydrogen) atoms. The number of H-pyrrole nitrogens is 1. The minimum Gasteiger partial charge on any atom is -0.328 e. The monoisotopic (exact) mass is 272 g/mol. The van der Waals surface area contributed by atoms with Crippen LogP contribution in [0.25, 0.3) is 5.65 Å². The van der Waals surface area contributed by atoms with Gasteiger partial charge in [-0.15, -0.1) is 0 Å². The van der Waals surface area contributed by atoms with Gasteiger partial charge in [0.05, 0.1) is 6.04 Å². The van der Waals surface area contributed by atoms with E-state index in [2.05, 4.69) is 10.1 Å². The normalized spacial score (nSPS) is 18.1. The molecule has 1 aliphatic rings. The van der Waals surface area contributed by atoms with E-state index in [0.29, 0.717) is 12.2 Å². The lowest BCUT2D eigenvalue weighted by molar-refractivity contribution is 0.0745. The smallest absolute Gasteiger partial charge is 0.285 e. The Hall–Kier alpha value is -2.37. The summed E-state index contributed by atoms with van der Waals surface area (Å²) < 4.78 is 1.31. The molecule has 0 saturated heterocycles. The molecule has 6 nitrogen and oxygen atoms in total. The number of aromatic amines is 1. The molecule has 3 heterocycles. The first kappa shape index (κ1) is 12.7. The van der Waals surface area contributed by atoms with Crippen LogP contribution in [0.5, 0.6) is 0 Å². The summed E-state index contributed by atoms with van der Waals surface area (Å²) in [6.45, 7) is 4.40. The summed E-state index contributed by atoms with van der Waals surface area (Å²) in [6.07, 6.45) is 6.16. The van der Waals surface area contributed by atoms with Gasteiger partial charge in [-0.25, -0.2) is 9.50 Å². The van der Waals surface area contributed by atoms with Gasteiger partial charge in [0.2, 0.25) is 0 Å². The second-order valence-corrected chi connectivity index (χ2v) is 4.97. The maximum atomic E-state index is 12.5. The standard InChI is InChI=1S/C14H16N4O2/c1-3-10-5-4-6-17(10)13(19)11-8-15-12-7-9(2)16-18(12)14(11)20/h4-5,7-8,10,16H,3,6H2,1-2H3. The fourth-order valence-corrected chi connectivity index (χ4v) is 2.54. The van der Waals surface area contributed by atoms with E-state index in [1.54, 1.807) is 11.0 Å². The summed E-state index contributed by atoms with van der Waals surface area (Å²) in [5.41, 5.74) is 1.10. The van der Waals surface area contributed by atoms with Gasteiger partial charge in [-0.1, -0.05) is 19.1 Å². The Morgan fingerprint density at radius 1 is 1.55 bits per heavy atom. The molecule has 3 rings (SSSR count). The van der Waals surface area contributed by atoms with Gasteiger partial charge in [0.15, 0.2) is 5.65 Å². The maximum Gasteiger partial charge on any atom is 0.285 e. The van der Waals surface area contributed by atoms with Crippen LogP contribution < -0.4 is 5.56 Å². The molecule has 6 heteroatoms. The molecule has 0 aliphatic carbocycles. The average Bonchev–Trinajstić information content (AvgIpc) is 3.04. The minimum absolute atomic E-state index is 0.0629. The Balaban J connectivity index is 2.04. The zero-order valence-corrected chi connectivity index (χ0v) is 11.5. The quantitative estimate of drug-likeness (QED) is 0.833. The molecule has 1 unspecified atom stereocenters. The van der Waals surface area contributed by atoms with Gasteiger partial charge >= 0.3 is 0 Å². The summed E-state index contributed by atoms with van der Waals surface area (Å²) >= 11 is 0. The molecule has 0 bridgehead atoms. The fraction of sp³-hybridized carbons (Fsp3) is 0.357. The van der Waals surface area contributed by atoms with E-state index in [9.17, 15) is 9.59 Å². The van der Waals surface area contributed by atoms with Crippen LogP contribution in [0.4, 0.5) is 0 Å². The van der Waals surface area contributed by atoms with Crippen molar-refractivity contribution in [2.45, 2.75) is 26.3 Å². The number of aromatic nitrogens is 3. The van der Waals surface area contributed by atoms with Gasteiger partial charge < -0.3 is 4.90 Å². The van der Waals surface area contributed by atoms with E-state index in [1.165, 1.54) is 10.7 Å². The van der Waals surface area contributed by atoms with E-state index in [-0.39, 0.29) is 23.1 Å². The predicted octanol–water partition coefficient (Wildman–Crippen LogP) is 1.12. The van der Waals surface area contributed by atoms with E-state index in [1.807, 2.05) is 26.0 Å². The van der Waals surface area contributed by atoms with E-state index < -0.39 is 0 Å². The minimum atomic E-state index is -0.352. The highest BCUT2D eigenvalue weighted by Crippen LogP contribution is 2.15. The summed E-state index contributed by atoms with van der Waals surface area (Å²) in [5, 5.41) is 2.89. The Kier molecular flexibility index (Phi) is 2.93. The summed E-state index contributed by atoms with van der Waals surface area (Å²) in [6, 6.07) is 1.83. The number of hydrogen-bond acceptors (Lipinski definition) is 3. The van der Waals surface area contributed by atoms with Crippen molar-refractivity contribution >= 4 is 11.6 Å². The first-order valence-electron chi connectivity index (χ1n) is 6.67. The molecular weight excluding hydrogens is 256 g/mol. The number of amides is 1. The Bertz CT molecular complexity index is 756. The van der Waals surface area contributed by atoms with Crippen LogP contribution in [0.1, 0.15) is 29.4 Å².